The fourth-order valence-electron chi connectivity index (χ4n) is 3.64. The highest BCUT2D eigenvalue weighted by Gasteiger charge is 2.34. The molecular weight excluding hydrogens is 256 g/mol. The van der Waals surface area contributed by atoms with Crippen LogP contribution in [0, 0.1) is 11.3 Å². The largest absolute Gasteiger partial charge is 0.312 e. The molecule has 1 saturated heterocycles. The van der Waals surface area contributed by atoms with E-state index in [1.165, 1.54) is 31.5 Å². The maximum absolute atomic E-state index is 3.58. The minimum Gasteiger partial charge on any atom is -0.312 e. The molecule has 2 nitrogen and oxygen atoms in total. The number of hydrogen-bond acceptors (Lipinski definition) is 2. The third kappa shape index (κ3) is 4.08. The molecule has 1 aromatic carbocycles. The van der Waals surface area contributed by atoms with Gasteiger partial charge in [-0.2, -0.15) is 0 Å². The molecule has 0 spiro atoms. The van der Waals surface area contributed by atoms with Crippen LogP contribution in [0.5, 0.6) is 0 Å². The normalized spacial score (nSPS) is 22.2. The van der Waals surface area contributed by atoms with E-state index in [9.17, 15) is 0 Å². The highest BCUT2D eigenvalue weighted by molar-refractivity contribution is 5.21. The van der Waals surface area contributed by atoms with E-state index in [0.29, 0.717) is 23.4 Å². The van der Waals surface area contributed by atoms with Crippen molar-refractivity contribution < 1.29 is 0 Å². The summed E-state index contributed by atoms with van der Waals surface area (Å²) in [6, 6.07) is 11.9. The van der Waals surface area contributed by atoms with Gasteiger partial charge in [0.1, 0.15) is 0 Å². The minimum absolute atomic E-state index is 0.410. The van der Waals surface area contributed by atoms with Crippen LogP contribution in [0.3, 0.4) is 0 Å². The summed E-state index contributed by atoms with van der Waals surface area (Å²) in [4.78, 5) is 2.71. The van der Waals surface area contributed by atoms with Crippen molar-refractivity contribution >= 4 is 0 Å². The molecule has 0 aromatic heterocycles. The molecule has 118 valence electrons. The molecule has 0 aliphatic carbocycles. The zero-order valence-electron chi connectivity index (χ0n) is 14.4. The second kappa shape index (κ2) is 6.93. The number of likely N-dealkylation sites (tertiary alicyclic amines) is 1. The van der Waals surface area contributed by atoms with Gasteiger partial charge in [0.15, 0.2) is 0 Å². The van der Waals surface area contributed by atoms with Crippen molar-refractivity contribution in [1.29, 1.82) is 0 Å². The number of likely N-dealkylation sites (N-methyl/N-ethyl adjacent to an activating group) is 1. The first-order valence-corrected chi connectivity index (χ1v) is 8.41. The maximum Gasteiger partial charge on any atom is 0.0478 e. The van der Waals surface area contributed by atoms with Gasteiger partial charge in [-0.1, -0.05) is 58.0 Å². The molecule has 2 unspecified atom stereocenters. The number of rotatable bonds is 5. The van der Waals surface area contributed by atoms with Gasteiger partial charge in [-0.25, -0.2) is 0 Å². The average Bonchev–Trinajstić information content (AvgIpc) is 2.46. The maximum atomic E-state index is 3.58. The molecule has 1 aliphatic rings. The molecule has 0 amide bonds. The molecule has 2 atom stereocenters. The van der Waals surface area contributed by atoms with Gasteiger partial charge in [0.25, 0.3) is 0 Å². The molecule has 0 radical (unpaired) electrons. The highest BCUT2D eigenvalue weighted by atomic mass is 15.2. The monoisotopic (exact) mass is 288 g/mol. The van der Waals surface area contributed by atoms with Crippen molar-refractivity contribution in [3.8, 4) is 0 Å². The van der Waals surface area contributed by atoms with Crippen LogP contribution in [0.1, 0.15) is 52.1 Å². The van der Waals surface area contributed by atoms with Crippen LogP contribution in [-0.4, -0.2) is 31.1 Å². The van der Waals surface area contributed by atoms with Crippen LogP contribution >= 0.6 is 0 Å². The number of hydrogen-bond donors (Lipinski definition) is 1. The highest BCUT2D eigenvalue weighted by Crippen LogP contribution is 2.34. The fourth-order valence-corrected chi connectivity index (χ4v) is 3.64. The van der Waals surface area contributed by atoms with Crippen molar-refractivity contribution in [3.05, 3.63) is 35.9 Å². The first-order valence-electron chi connectivity index (χ1n) is 8.41. The molecule has 1 aromatic rings. The first kappa shape index (κ1) is 16.5. The number of benzene rings is 1. The van der Waals surface area contributed by atoms with Crippen molar-refractivity contribution in [1.82, 2.24) is 10.2 Å². The third-order valence-corrected chi connectivity index (χ3v) is 5.07. The van der Waals surface area contributed by atoms with Gasteiger partial charge in [-0.05, 0) is 49.9 Å². The van der Waals surface area contributed by atoms with Gasteiger partial charge in [0.2, 0.25) is 0 Å². The van der Waals surface area contributed by atoms with Crippen LogP contribution in [-0.2, 0) is 0 Å². The van der Waals surface area contributed by atoms with Crippen LogP contribution in [0.15, 0.2) is 30.3 Å². The quantitative estimate of drug-likeness (QED) is 0.878. The summed E-state index contributed by atoms with van der Waals surface area (Å²) in [5.41, 5.74) is 1.92. The van der Waals surface area contributed by atoms with Crippen molar-refractivity contribution in [2.75, 3.05) is 20.1 Å². The average molecular weight is 288 g/mol. The molecule has 1 aliphatic heterocycles. The predicted octanol–water partition coefficient (Wildman–Crippen LogP) is 4.09. The lowest BCUT2D eigenvalue weighted by molar-refractivity contribution is 0.0544. The molecule has 2 heteroatoms. The van der Waals surface area contributed by atoms with E-state index in [2.05, 4.69) is 75.3 Å². The Morgan fingerprint density at radius 3 is 2.10 bits per heavy atom. The number of nitrogens with zero attached hydrogens (tertiary/aromatic N) is 1. The Bertz CT molecular complexity index is 414. The lowest BCUT2D eigenvalue weighted by atomic mass is 9.80. The van der Waals surface area contributed by atoms with Crippen LogP contribution < -0.4 is 5.32 Å². The van der Waals surface area contributed by atoms with E-state index < -0.39 is 0 Å². The Morgan fingerprint density at radius 1 is 1.05 bits per heavy atom. The summed E-state index contributed by atoms with van der Waals surface area (Å²) >= 11 is 0. The third-order valence-electron chi connectivity index (χ3n) is 5.07. The first-order chi connectivity index (χ1) is 9.94. The lowest BCUT2D eigenvalue weighted by Gasteiger charge is -2.45. The lowest BCUT2D eigenvalue weighted by Crippen LogP contribution is -2.51. The molecule has 21 heavy (non-hydrogen) atoms. The summed E-state index contributed by atoms with van der Waals surface area (Å²) < 4.78 is 0. The zero-order chi connectivity index (χ0) is 15.5. The Hall–Kier alpha value is -0.860. The summed E-state index contributed by atoms with van der Waals surface area (Å²) in [5, 5.41) is 3.58. The zero-order valence-corrected chi connectivity index (χ0v) is 14.4. The summed E-state index contributed by atoms with van der Waals surface area (Å²) in [7, 11) is 2.10. The molecule has 0 saturated carbocycles. The van der Waals surface area contributed by atoms with E-state index >= 15 is 0 Å². The van der Waals surface area contributed by atoms with E-state index in [-0.39, 0.29) is 0 Å². The van der Waals surface area contributed by atoms with E-state index in [4.69, 9.17) is 0 Å². The predicted molar refractivity (Wildman–Crippen MR) is 91.5 cm³/mol. The summed E-state index contributed by atoms with van der Waals surface area (Å²) in [5.74, 6) is 0.642. The van der Waals surface area contributed by atoms with Gasteiger partial charge in [-0.3, -0.25) is 4.90 Å². The molecule has 1 heterocycles. The molecule has 1 N–H and O–H groups in total. The van der Waals surface area contributed by atoms with Crippen LogP contribution in [0.25, 0.3) is 0 Å². The summed E-state index contributed by atoms with van der Waals surface area (Å²) in [6.45, 7) is 12.0. The Labute approximate surface area is 130 Å². The Kier molecular flexibility index (Phi) is 5.45. The van der Waals surface area contributed by atoms with Gasteiger partial charge in [-0.15, -0.1) is 0 Å². The SMILES string of the molecule is CNC(c1ccccc1)C(C(C)C)N1CCC(C)(C)CC1. The van der Waals surface area contributed by atoms with Crippen molar-refractivity contribution in [3.63, 3.8) is 0 Å². The smallest absolute Gasteiger partial charge is 0.0478 e. The molecule has 1 fully saturated rings. The summed E-state index contributed by atoms with van der Waals surface area (Å²) in [6.07, 6.45) is 2.61. The van der Waals surface area contributed by atoms with E-state index in [0.717, 1.165) is 0 Å². The van der Waals surface area contributed by atoms with Gasteiger partial charge in [0.05, 0.1) is 0 Å². The van der Waals surface area contributed by atoms with E-state index in [1.807, 2.05) is 0 Å². The molecule has 2 rings (SSSR count). The second-order valence-corrected chi connectivity index (χ2v) is 7.61. The standard InChI is InChI=1S/C19H32N2/c1-15(2)18(21-13-11-19(3,4)12-14-21)17(20-5)16-9-7-6-8-10-16/h6-10,15,17-18,20H,11-14H2,1-5H3. The van der Waals surface area contributed by atoms with Crippen molar-refractivity contribution in [2.45, 2.75) is 52.6 Å². The second-order valence-electron chi connectivity index (χ2n) is 7.61. The van der Waals surface area contributed by atoms with Crippen LogP contribution in [0.2, 0.25) is 0 Å². The Balaban J connectivity index is 2.18. The molecular formula is C19H32N2. The molecule has 0 bridgehead atoms. The van der Waals surface area contributed by atoms with Gasteiger partial charge < -0.3 is 5.32 Å². The van der Waals surface area contributed by atoms with Gasteiger partial charge in [0, 0.05) is 12.1 Å². The Morgan fingerprint density at radius 2 is 1.62 bits per heavy atom. The number of nitrogens with one attached hydrogen (secondary N) is 1. The van der Waals surface area contributed by atoms with Crippen LogP contribution in [0.4, 0.5) is 0 Å². The van der Waals surface area contributed by atoms with Gasteiger partial charge >= 0.3 is 0 Å². The minimum atomic E-state index is 0.410. The van der Waals surface area contributed by atoms with Crippen molar-refractivity contribution in [2.24, 2.45) is 11.3 Å². The topological polar surface area (TPSA) is 15.3 Å². The number of piperidine rings is 1. The van der Waals surface area contributed by atoms with E-state index in [1.54, 1.807) is 0 Å². The fraction of sp³-hybridized carbons (Fsp3) is 0.684.